The van der Waals surface area contributed by atoms with E-state index in [1.165, 1.54) is 29.3 Å². The van der Waals surface area contributed by atoms with E-state index in [-0.39, 0.29) is 0 Å². The van der Waals surface area contributed by atoms with Gasteiger partial charge in [-0.05, 0) is 30.4 Å². The van der Waals surface area contributed by atoms with Crippen LogP contribution in [0.2, 0.25) is 0 Å². The van der Waals surface area contributed by atoms with E-state index in [9.17, 15) is 0 Å². The van der Waals surface area contributed by atoms with Crippen molar-refractivity contribution in [1.82, 2.24) is 9.99 Å². The minimum Gasteiger partial charge on any atom is -0.361 e. The van der Waals surface area contributed by atoms with Crippen LogP contribution in [0.15, 0.2) is 30.5 Å². The fourth-order valence-corrected chi connectivity index (χ4v) is 2.64. The summed E-state index contributed by atoms with van der Waals surface area (Å²) in [6, 6.07) is 8.52. The standard InChI is InChI=1S/C13H17N3/c14-16-7-5-10(6-8-16)12-9-15-13-4-2-1-3-11(12)13/h1-4,9-10,15H,5-8,14H2. The molecular weight excluding hydrogens is 198 g/mol. The highest BCUT2D eigenvalue weighted by atomic mass is 15.4. The van der Waals surface area contributed by atoms with Crippen molar-refractivity contribution in [1.29, 1.82) is 0 Å². The van der Waals surface area contributed by atoms with Crippen LogP contribution in [0.1, 0.15) is 24.3 Å². The summed E-state index contributed by atoms with van der Waals surface area (Å²) >= 11 is 0. The molecule has 0 unspecified atom stereocenters. The van der Waals surface area contributed by atoms with Crippen LogP contribution in [0.4, 0.5) is 0 Å². The molecule has 0 atom stereocenters. The largest absolute Gasteiger partial charge is 0.361 e. The van der Waals surface area contributed by atoms with Gasteiger partial charge in [0.05, 0.1) is 0 Å². The number of H-pyrrole nitrogens is 1. The number of hydrogen-bond donors (Lipinski definition) is 2. The number of nitrogens with zero attached hydrogens (tertiary/aromatic N) is 1. The van der Waals surface area contributed by atoms with Gasteiger partial charge in [-0.25, -0.2) is 5.01 Å². The lowest BCUT2D eigenvalue weighted by atomic mass is 9.90. The maximum absolute atomic E-state index is 5.79. The first-order valence-corrected chi connectivity index (χ1v) is 5.90. The molecule has 1 saturated heterocycles. The second-order valence-electron chi connectivity index (χ2n) is 4.60. The van der Waals surface area contributed by atoms with Crippen LogP contribution in [-0.4, -0.2) is 23.1 Å². The molecule has 3 nitrogen and oxygen atoms in total. The molecule has 1 aromatic heterocycles. The van der Waals surface area contributed by atoms with E-state index in [0.717, 1.165) is 13.1 Å². The molecule has 3 rings (SSSR count). The molecule has 0 amide bonds. The summed E-state index contributed by atoms with van der Waals surface area (Å²) in [6.07, 6.45) is 4.50. The zero-order valence-corrected chi connectivity index (χ0v) is 9.32. The maximum atomic E-state index is 5.79. The normalized spacial score (nSPS) is 19.3. The number of benzene rings is 1. The first kappa shape index (κ1) is 9.87. The number of aromatic amines is 1. The van der Waals surface area contributed by atoms with E-state index in [1.807, 2.05) is 5.01 Å². The average molecular weight is 215 g/mol. The molecule has 0 radical (unpaired) electrons. The lowest BCUT2D eigenvalue weighted by molar-refractivity contribution is 0.218. The lowest BCUT2D eigenvalue weighted by Gasteiger charge is -2.28. The topological polar surface area (TPSA) is 45.0 Å². The zero-order chi connectivity index (χ0) is 11.0. The quantitative estimate of drug-likeness (QED) is 0.716. The number of piperidine rings is 1. The van der Waals surface area contributed by atoms with E-state index in [1.54, 1.807) is 0 Å². The van der Waals surface area contributed by atoms with Gasteiger partial charge in [-0.15, -0.1) is 0 Å². The summed E-state index contributed by atoms with van der Waals surface area (Å²) in [4.78, 5) is 3.35. The molecule has 0 aliphatic carbocycles. The molecule has 1 fully saturated rings. The minimum atomic E-state index is 0.663. The Labute approximate surface area is 95.2 Å². The fourth-order valence-electron chi connectivity index (χ4n) is 2.64. The van der Waals surface area contributed by atoms with Crippen LogP contribution in [0.3, 0.4) is 0 Å². The monoisotopic (exact) mass is 215 g/mol. The molecular formula is C13H17N3. The van der Waals surface area contributed by atoms with Gasteiger partial charge in [0.15, 0.2) is 0 Å². The zero-order valence-electron chi connectivity index (χ0n) is 9.32. The van der Waals surface area contributed by atoms with Gasteiger partial charge in [-0.2, -0.15) is 0 Å². The minimum absolute atomic E-state index is 0.663. The maximum Gasteiger partial charge on any atom is 0.0456 e. The second kappa shape index (κ2) is 3.92. The van der Waals surface area contributed by atoms with Crippen LogP contribution >= 0.6 is 0 Å². The Kier molecular flexibility index (Phi) is 2.42. The van der Waals surface area contributed by atoms with Gasteiger partial charge in [0.1, 0.15) is 0 Å². The number of nitrogens with two attached hydrogens (primary N) is 1. The van der Waals surface area contributed by atoms with Gasteiger partial charge < -0.3 is 4.98 Å². The Bertz CT molecular complexity index is 481. The van der Waals surface area contributed by atoms with E-state index in [4.69, 9.17) is 5.84 Å². The summed E-state index contributed by atoms with van der Waals surface area (Å²) in [5.41, 5.74) is 2.70. The first-order chi connectivity index (χ1) is 7.84. The summed E-state index contributed by atoms with van der Waals surface area (Å²) in [6.45, 7) is 2.01. The van der Waals surface area contributed by atoms with Crippen molar-refractivity contribution in [2.45, 2.75) is 18.8 Å². The summed E-state index contributed by atoms with van der Waals surface area (Å²) in [7, 11) is 0. The number of nitrogens with one attached hydrogen (secondary N) is 1. The SMILES string of the molecule is NN1CCC(c2c[nH]c3ccccc23)CC1. The van der Waals surface area contributed by atoms with Gasteiger partial charge in [-0.3, -0.25) is 5.84 Å². The second-order valence-corrected chi connectivity index (χ2v) is 4.60. The van der Waals surface area contributed by atoms with Gasteiger partial charge in [0.2, 0.25) is 0 Å². The number of para-hydroxylation sites is 1. The smallest absolute Gasteiger partial charge is 0.0456 e. The molecule has 1 aromatic carbocycles. The highest BCUT2D eigenvalue weighted by Crippen LogP contribution is 2.32. The van der Waals surface area contributed by atoms with Crippen LogP contribution in [-0.2, 0) is 0 Å². The molecule has 0 spiro atoms. The highest BCUT2D eigenvalue weighted by molar-refractivity contribution is 5.83. The van der Waals surface area contributed by atoms with Crippen molar-refractivity contribution in [2.24, 2.45) is 5.84 Å². The Morgan fingerprint density at radius 3 is 2.75 bits per heavy atom. The van der Waals surface area contributed by atoms with Crippen LogP contribution in [0, 0.1) is 0 Å². The number of hydrogen-bond acceptors (Lipinski definition) is 2. The Balaban J connectivity index is 1.94. The molecule has 2 heterocycles. The van der Waals surface area contributed by atoms with Crippen molar-refractivity contribution < 1.29 is 0 Å². The molecule has 1 aliphatic heterocycles. The van der Waals surface area contributed by atoms with Gasteiger partial charge in [0, 0.05) is 30.2 Å². The number of rotatable bonds is 1. The molecule has 3 N–H and O–H groups in total. The molecule has 16 heavy (non-hydrogen) atoms. The average Bonchev–Trinajstić information content (AvgIpc) is 2.74. The predicted octanol–water partition coefficient (Wildman–Crippen LogP) is 2.22. The number of fused-ring (bicyclic) bond motifs is 1. The Morgan fingerprint density at radius 1 is 1.19 bits per heavy atom. The Morgan fingerprint density at radius 2 is 1.94 bits per heavy atom. The van der Waals surface area contributed by atoms with Crippen molar-refractivity contribution >= 4 is 10.9 Å². The molecule has 0 saturated carbocycles. The van der Waals surface area contributed by atoms with E-state index in [0.29, 0.717) is 5.92 Å². The van der Waals surface area contributed by atoms with Crippen LogP contribution < -0.4 is 5.84 Å². The molecule has 2 aromatic rings. The molecule has 0 bridgehead atoms. The molecule has 84 valence electrons. The third-order valence-electron chi connectivity index (χ3n) is 3.59. The van der Waals surface area contributed by atoms with Gasteiger partial charge >= 0.3 is 0 Å². The Hall–Kier alpha value is -1.32. The van der Waals surface area contributed by atoms with Gasteiger partial charge in [0.25, 0.3) is 0 Å². The van der Waals surface area contributed by atoms with E-state index < -0.39 is 0 Å². The van der Waals surface area contributed by atoms with Crippen molar-refractivity contribution in [3.05, 3.63) is 36.0 Å². The van der Waals surface area contributed by atoms with E-state index in [2.05, 4.69) is 35.4 Å². The fraction of sp³-hybridized carbons (Fsp3) is 0.385. The van der Waals surface area contributed by atoms with Crippen molar-refractivity contribution in [2.75, 3.05) is 13.1 Å². The summed E-state index contributed by atoms with van der Waals surface area (Å²) in [5.74, 6) is 6.45. The summed E-state index contributed by atoms with van der Waals surface area (Å²) in [5, 5.41) is 3.30. The number of aromatic nitrogens is 1. The predicted molar refractivity (Wildman–Crippen MR) is 66.0 cm³/mol. The molecule has 3 heteroatoms. The third kappa shape index (κ3) is 1.62. The van der Waals surface area contributed by atoms with Crippen molar-refractivity contribution in [3.63, 3.8) is 0 Å². The van der Waals surface area contributed by atoms with Crippen LogP contribution in [0.25, 0.3) is 10.9 Å². The first-order valence-electron chi connectivity index (χ1n) is 5.90. The number of hydrazine groups is 1. The van der Waals surface area contributed by atoms with E-state index >= 15 is 0 Å². The third-order valence-corrected chi connectivity index (χ3v) is 3.59. The van der Waals surface area contributed by atoms with Gasteiger partial charge in [-0.1, -0.05) is 18.2 Å². The van der Waals surface area contributed by atoms with Crippen LogP contribution in [0.5, 0.6) is 0 Å². The molecule has 1 aliphatic rings. The lowest BCUT2D eigenvalue weighted by Crippen LogP contribution is -2.38. The highest BCUT2D eigenvalue weighted by Gasteiger charge is 2.20. The van der Waals surface area contributed by atoms with Crippen molar-refractivity contribution in [3.8, 4) is 0 Å². The summed E-state index contributed by atoms with van der Waals surface area (Å²) < 4.78 is 0.